The second-order valence-corrected chi connectivity index (χ2v) is 4.86. The molecule has 94 valence electrons. The molecular formula is C11H11Cl2IO3. The van der Waals surface area contributed by atoms with E-state index in [1.165, 1.54) is 6.07 Å². The summed E-state index contributed by atoms with van der Waals surface area (Å²) in [6.07, 6.45) is 0. The van der Waals surface area contributed by atoms with Crippen LogP contribution in [0.15, 0.2) is 12.1 Å². The summed E-state index contributed by atoms with van der Waals surface area (Å²) in [5.74, 6) is -0.149. The zero-order valence-corrected chi connectivity index (χ0v) is 12.8. The maximum Gasteiger partial charge on any atom is 0.339 e. The smallest absolute Gasteiger partial charge is 0.339 e. The monoisotopic (exact) mass is 388 g/mol. The lowest BCUT2D eigenvalue weighted by atomic mass is 10.2. The van der Waals surface area contributed by atoms with Crippen LogP contribution in [0.2, 0.25) is 10.0 Å². The van der Waals surface area contributed by atoms with E-state index < -0.39 is 5.97 Å². The third-order valence-electron chi connectivity index (χ3n) is 1.87. The van der Waals surface area contributed by atoms with Crippen LogP contribution in [0.25, 0.3) is 0 Å². The summed E-state index contributed by atoms with van der Waals surface area (Å²) in [5, 5.41) is 0.577. The van der Waals surface area contributed by atoms with Crippen LogP contribution in [-0.4, -0.2) is 23.6 Å². The highest BCUT2D eigenvalue weighted by Crippen LogP contribution is 2.35. The Labute approximate surface area is 124 Å². The van der Waals surface area contributed by atoms with Crippen LogP contribution in [0.1, 0.15) is 17.3 Å². The van der Waals surface area contributed by atoms with E-state index in [4.69, 9.17) is 32.7 Å². The molecule has 0 aliphatic rings. The van der Waals surface area contributed by atoms with Crippen LogP contribution in [0.4, 0.5) is 0 Å². The standard InChI is InChI=1S/C11H11Cl2IO3/c1-2-16-11(15)7-3-4-8(12)10(9(7)13)17-6-5-14/h3-4H,2,5-6H2,1H3. The number of hydrogen-bond acceptors (Lipinski definition) is 3. The highest BCUT2D eigenvalue weighted by atomic mass is 127. The van der Waals surface area contributed by atoms with Gasteiger partial charge in [-0.1, -0.05) is 45.8 Å². The predicted molar refractivity (Wildman–Crippen MR) is 76.8 cm³/mol. The zero-order chi connectivity index (χ0) is 12.8. The molecule has 0 heterocycles. The van der Waals surface area contributed by atoms with E-state index >= 15 is 0 Å². The first-order valence-electron chi connectivity index (χ1n) is 4.95. The topological polar surface area (TPSA) is 35.5 Å². The average Bonchev–Trinajstić information content (AvgIpc) is 2.29. The molecule has 1 rings (SSSR count). The summed E-state index contributed by atoms with van der Waals surface area (Å²) < 4.78 is 11.1. The van der Waals surface area contributed by atoms with Gasteiger partial charge in [0, 0.05) is 4.43 Å². The molecule has 0 aliphatic carbocycles. The SMILES string of the molecule is CCOC(=O)c1ccc(Cl)c(OCCI)c1Cl. The van der Waals surface area contributed by atoms with Crippen molar-refractivity contribution in [2.75, 3.05) is 17.6 Å². The Bertz CT molecular complexity index is 410. The number of halogens is 3. The Balaban J connectivity index is 3.05. The lowest BCUT2D eigenvalue weighted by Gasteiger charge is -2.11. The van der Waals surface area contributed by atoms with Crippen molar-refractivity contribution in [1.82, 2.24) is 0 Å². The Morgan fingerprint density at radius 3 is 2.71 bits per heavy atom. The van der Waals surface area contributed by atoms with Crippen molar-refractivity contribution >= 4 is 51.8 Å². The van der Waals surface area contributed by atoms with Crippen LogP contribution in [0, 0.1) is 0 Å². The van der Waals surface area contributed by atoms with Gasteiger partial charge in [0.25, 0.3) is 0 Å². The van der Waals surface area contributed by atoms with E-state index in [1.54, 1.807) is 13.0 Å². The van der Waals surface area contributed by atoms with Gasteiger partial charge >= 0.3 is 5.97 Å². The third-order valence-corrected chi connectivity index (χ3v) is 2.98. The minimum absolute atomic E-state index is 0.195. The lowest BCUT2D eigenvalue weighted by Crippen LogP contribution is -2.07. The van der Waals surface area contributed by atoms with Crippen molar-refractivity contribution in [1.29, 1.82) is 0 Å². The van der Waals surface area contributed by atoms with Crippen LogP contribution in [-0.2, 0) is 4.74 Å². The van der Waals surface area contributed by atoms with Crippen molar-refractivity contribution in [2.24, 2.45) is 0 Å². The van der Waals surface area contributed by atoms with Gasteiger partial charge in [-0.25, -0.2) is 4.79 Å². The molecule has 6 heteroatoms. The molecule has 0 amide bonds. The fourth-order valence-corrected chi connectivity index (χ4v) is 1.95. The fourth-order valence-electron chi connectivity index (χ4n) is 1.17. The van der Waals surface area contributed by atoms with Crippen molar-refractivity contribution < 1.29 is 14.3 Å². The van der Waals surface area contributed by atoms with E-state index in [1.807, 2.05) is 0 Å². The Morgan fingerprint density at radius 2 is 2.12 bits per heavy atom. The first-order valence-corrected chi connectivity index (χ1v) is 7.23. The minimum atomic E-state index is -0.478. The molecule has 0 bridgehead atoms. The van der Waals surface area contributed by atoms with Gasteiger partial charge in [0.15, 0.2) is 5.75 Å². The van der Waals surface area contributed by atoms with Gasteiger partial charge < -0.3 is 9.47 Å². The number of esters is 1. The van der Waals surface area contributed by atoms with Gasteiger partial charge in [-0.05, 0) is 19.1 Å². The highest BCUT2D eigenvalue weighted by molar-refractivity contribution is 14.1. The minimum Gasteiger partial charge on any atom is -0.490 e. The van der Waals surface area contributed by atoms with E-state index in [9.17, 15) is 4.79 Å². The predicted octanol–water partition coefficient (Wildman–Crippen LogP) is 3.98. The molecule has 0 spiro atoms. The molecule has 3 nitrogen and oxygen atoms in total. The van der Waals surface area contributed by atoms with E-state index in [-0.39, 0.29) is 10.6 Å². The molecular weight excluding hydrogens is 378 g/mol. The molecule has 1 aromatic carbocycles. The second-order valence-electron chi connectivity index (χ2n) is 3.00. The van der Waals surface area contributed by atoms with Gasteiger partial charge in [0.2, 0.25) is 0 Å². The first-order chi connectivity index (χ1) is 8.11. The number of rotatable bonds is 5. The van der Waals surface area contributed by atoms with Gasteiger partial charge in [-0.3, -0.25) is 0 Å². The molecule has 0 unspecified atom stereocenters. The molecule has 0 aromatic heterocycles. The molecule has 17 heavy (non-hydrogen) atoms. The van der Waals surface area contributed by atoms with Crippen LogP contribution < -0.4 is 4.74 Å². The average molecular weight is 389 g/mol. The van der Waals surface area contributed by atoms with Crippen LogP contribution >= 0.6 is 45.8 Å². The number of alkyl halides is 1. The van der Waals surface area contributed by atoms with Crippen molar-refractivity contribution in [3.8, 4) is 5.75 Å². The molecule has 1 aromatic rings. The van der Waals surface area contributed by atoms with Crippen LogP contribution in [0.5, 0.6) is 5.75 Å². The summed E-state index contributed by atoms with van der Waals surface area (Å²) >= 11 is 14.2. The number of ether oxygens (including phenoxy) is 2. The van der Waals surface area contributed by atoms with Gasteiger partial charge in [-0.15, -0.1) is 0 Å². The van der Waals surface area contributed by atoms with E-state index in [2.05, 4.69) is 22.6 Å². The normalized spacial score (nSPS) is 10.1. The molecule has 0 saturated heterocycles. The quantitative estimate of drug-likeness (QED) is 0.434. The number of carbonyl (C=O) groups is 1. The Morgan fingerprint density at radius 1 is 1.41 bits per heavy atom. The molecule has 0 aliphatic heterocycles. The Hall–Kier alpha value is -0.200. The van der Waals surface area contributed by atoms with E-state index in [0.29, 0.717) is 24.0 Å². The van der Waals surface area contributed by atoms with Crippen LogP contribution in [0.3, 0.4) is 0 Å². The zero-order valence-electron chi connectivity index (χ0n) is 9.13. The maximum atomic E-state index is 11.6. The summed E-state index contributed by atoms with van der Waals surface area (Å²) in [6.45, 7) is 2.50. The number of hydrogen-bond donors (Lipinski definition) is 0. The molecule has 0 fully saturated rings. The van der Waals surface area contributed by atoms with Gasteiger partial charge in [-0.2, -0.15) is 0 Å². The van der Waals surface area contributed by atoms with Crippen molar-refractivity contribution in [2.45, 2.75) is 6.92 Å². The lowest BCUT2D eigenvalue weighted by molar-refractivity contribution is 0.0526. The maximum absolute atomic E-state index is 11.6. The second kappa shape index (κ2) is 7.28. The van der Waals surface area contributed by atoms with E-state index in [0.717, 1.165) is 4.43 Å². The van der Waals surface area contributed by atoms with Gasteiger partial charge in [0.1, 0.15) is 0 Å². The molecule has 0 radical (unpaired) electrons. The third kappa shape index (κ3) is 3.89. The fraction of sp³-hybridized carbons (Fsp3) is 0.364. The molecule has 0 N–H and O–H groups in total. The largest absolute Gasteiger partial charge is 0.490 e. The van der Waals surface area contributed by atoms with Crippen molar-refractivity contribution in [3.63, 3.8) is 0 Å². The summed E-state index contributed by atoms with van der Waals surface area (Å²) in [4.78, 5) is 11.6. The number of benzene rings is 1. The van der Waals surface area contributed by atoms with Gasteiger partial charge in [0.05, 0.1) is 28.8 Å². The first kappa shape index (κ1) is 14.9. The summed E-state index contributed by atoms with van der Waals surface area (Å²) in [6, 6.07) is 3.10. The molecule has 0 saturated carbocycles. The van der Waals surface area contributed by atoms with Crippen molar-refractivity contribution in [3.05, 3.63) is 27.7 Å². The number of carbonyl (C=O) groups excluding carboxylic acids is 1. The molecule has 0 atom stereocenters. The summed E-state index contributed by atoms with van der Waals surface area (Å²) in [7, 11) is 0. The highest BCUT2D eigenvalue weighted by Gasteiger charge is 2.18. The summed E-state index contributed by atoms with van der Waals surface area (Å²) in [5.41, 5.74) is 0.265. The Kier molecular flexibility index (Phi) is 6.37.